The number of nitrogens with zero attached hydrogens (tertiary/aromatic N) is 3. The molecule has 0 saturated heterocycles. The molecule has 1 aromatic heterocycles. The van der Waals surface area contributed by atoms with Crippen LogP contribution in [0, 0.1) is 0 Å². The molecular formula is C25H21F3N4O3. The summed E-state index contributed by atoms with van der Waals surface area (Å²) in [6.45, 7) is 0. The highest BCUT2D eigenvalue weighted by Gasteiger charge is 2.34. The minimum Gasteiger partial charge on any atom is -0.406 e. The van der Waals surface area contributed by atoms with Crippen molar-refractivity contribution in [2.75, 3.05) is 0 Å². The van der Waals surface area contributed by atoms with Crippen LogP contribution in [0.1, 0.15) is 11.7 Å². The van der Waals surface area contributed by atoms with Gasteiger partial charge in [0.15, 0.2) is 0 Å². The van der Waals surface area contributed by atoms with Gasteiger partial charge in [-0.2, -0.15) is 5.10 Å². The fraction of sp³-hybridized carbons (Fsp3) is 0.160. The van der Waals surface area contributed by atoms with Gasteiger partial charge < -0.3 is 15.4 Å². The summed E-state index contributed by atoms with van der Waals surface area (Å²) in [4.78, 5) is 26.3. The number of amides is 1. The lowest BCUT2D eigenvalue weighted by atomic mass is 9.99. The zero-order chi connectivity index (χ0) is 25.0. The van der Waals surface area contributed by atoms with Crippen molar-refractivity contribution in [3.05, 3.63) is 96.9 Å². The first kappa shape index (κ1) is 23.8. The van der Waals surface area contributed by atoms with Gasteiger partial charge in [-0.1, -0.05) is 48.5 Å². The first-order valence-electron chi connectivity index (χ1n) is 10.6. The maximum atomic E-state index is 12.8. The van der Waals surface area contributed by atoms with Gasteiger partial charge >= 0.3 is 6.36 Å². The summed E-state index contributed by atoms with van der Waals surface area (Å²) >= 11 is 0. The third kappa shape index (κ3) is 5.78. The Bertz CT molecular complexity index is 1250. The van der Waals surface area contributed by atoms with Crippen molar-refractivity contribution < 1.29 is 27.5 Å². The average molecular weight is 482 g/mol. The van der Waals surface area contributed by atoms with E-state index in [-0.39, 0.29) is 12.2 Å². The van der Waals surface area contributed by atoms with Crippen molar-refractivity contribution in [3.8, 4) is 17.0 Å². The van der Waals surface area contributed by atoms with Gasteiger partial charge in [-0.3, -0.25) is 9.59 Å². The zero-order valence-electron chi connectivity index (χ0n) is 18.3. The van der Waals surface area contributed by atoms with Crippen molar-refractivity contribution in [2.24, 2.45) is 5.73 Å². The molecule has 10 heteroatoms. The smallest absolute Gasteiger partial charge is 0.406 e. The molecular weight excluding hydrogens is 461 g/mol. The van der Waals surface area contributed by atoms with Gasteiger partial charge in [0.05, 0.1) is 5.69 Å². The van der Waals surface area contributed by atoms with Gasteiger partial charge in [0.25, 0.3) is 5.91 Å². The summed E-state index contributed by atoms with van der Waals surface area (Å²) in [5.74, 6) is -2.33. The van der Waals surface area contributed by atoms with Gasteiger partial charge in [-0.25, -0.2) is 4.68 Å². The number of primary amides is 1. The topological polar surface area (TPSA) is 90.5 Å². The quantitative estimate of drug-likeness (QED) is 0.490. The number of alkyl halides is 3. The number of hydrogen-bond donors (Lipinski definition) is 1. The normalized spacial score (nSPS) is 16.2. The highest BCUT2D eigenvalue weighted by atomic mass is 19.4. The second-order valence-electron chi connectivity index (χ2n) is 7.77. The van der Waals surface area contributed by atoms with Crippen molar-refractivity contribution in [1.29, 1.82) is 0 Å². The largest absolute Gasteiger partial charge is 0.573 e. The molecule has 0 spiro atoms. The first-order valence-corrected chi connectivity index (χ1v) is 10.6. The molecule has 0 radical (unpaired) electrons. The van der Waals surface area contributed by atoms with Gasteiger partial charge in [-0.05, 0) is 35.9 Å². The van der Waals surface area contributed by atoms with E-state index in [2.05, 4.69) is 9.84 Å². The first-order chi connectivity index (χ1) is 16.7. The molecule has 0 bridgehead atoms. The van der Waals surface area contributed by atoms with E-state index in [0.717, 1.165) is 23.4 Å². The second kappa shape index (κ2) is 9.88. The van der Waals surface area contributed by atoms with Crippen LogP contribution in [0.4, 0.5) is 13.2 Å². The summed E-state index contributed by atoms with van der Waals surface area (Å²) in [6, 6.07) is 15.5. The third-order valence-corrected chi connectivity index (χ3v) is 5.40. The van der Waals surface area contributed by atoms with E-state index in [1.807, 2.05) is 42.5 Å². The van der Waals surface area contributed by atoms with E-state index in [1.54, 1.807) is 34.1 Å². The Balaban J connectivity index is 1.61. The summed E-state index contributed by atoms with van der Waals surface area (Å²) in [7, 11) is 0. The number of benzene rings is 2. The van der Waals surface area contributed by atoms with Crippen LogP contribution in [0.25, 0.3) is 11.3 Å². The van der Waals surface area contributed by atoms with Crippen molar-refractivity contribution in [3.63, 3.8) is 0 Å². The number of ketones is 1. The molecule has 2 heterocycles. The molecule has 0 saturated carbocycles. The number of rotatable bonds is 8. The molecule has 0 aliphatic carbocycles. The summed E-state index contributed by atoms with van der Waals surface area (Å²) in [5, 5.41) is 4.63. The van der Waals surface area contributed by atoms with Crippen LogP contribution < -0.4 is 10.5 Å². The Morgan fingerprint density at radius 2 is 1.74 bits per heavy atom. The molecule has 0 fully saturated rings. The molecule has 2 N–H and O–H groups in total. The highest BCUT2D eigenvalue weighted by Crippen LogP contribution is 2.28. The van der Waals surface area contributed by atoms with E-state index < -0.39 is 30.3 Å². The van der Waals surface area contributed by atoms with Crippen LogP contribution in [0.3, 0.4) is 0 Å². The van der Waals surface area contributed by atoms with E-state index >= 15 is 0 Å². The number of nitrogens with two attached hydrogens (primary N) is 1. The zero-order valence-corrected chi connectivity index (χ0v) is 18.3. The molecule has 3 aromatic rings. The van der Waals surface area contributed by atoms with Crippen LogP contribution in [-0.2, 0) is 16.0 Å². The molecule has 1 aliphatic rings. The highest BCUT2D eigenvalue weighted by molar-refractivity contribution is 6.37. The summed E-state index contributed by atoms with van der Waals surface area (Å²) in [6.07, 6.45) is 3.39. The van der Waals surface area contributed by atoms with Crippen LogP contribution in [0.15, 0.2) is 91.3 Å². The number of hydrogen-bond acceptors (Lipinski definition) is 5. The number of allylic oxidation sites excluding steroid dienone is 2. The standard InChI is InChI=1S/C25H21F3N4O3/c26-25(27,28)35-19-11-9-17(10-12-19)16-21(23(33)24(29)34)31-14-5-4-8-22(31)32-15-13-20(30-32)18-6-2-1-3-7-18/h1-15,21-22H,16H2,(H2,29,34). The number of Topliss-reactive ketones (excluding diaryl/α,β-unsaturated/α-hetero) is 1. The van der Waals surface area contributed by atoms with Crippen LogP contribution in [0.5, 0.6) is 5.75 Å². The number of aromatic nitrogens is 2. The van der Waals surface area contributed by atoms with E-state index in [1.165, 1.54) is 12.1 Å². The van der Waals surface area contributed by atoms with Gasteiger partial charge in [0, 0.05) is 24.4 Å². The maximum absolute atomic E-state index is 12.8. The molecule has 2 atom stereocenters. The van der Waals surface area contributed by atoms with E-state index in [9.17, 15) is 22.8 Å². The SMILES string of the molecule is NC(=O)C(=O)C(Cc1ccc(OC(F)(F)F)cc1)N1C=CC=CC1n1ccc(-c2ccccc2)n1. The Morgan fingerprint density at radius 1 is 1.03 bits per heavy atom. The molecule has 7 nitrogen and oxygen atoms in total. The van der Waals surface area contributed by atoms with Gasteiger partial charge in [0.2, 0.25) is 5.78 Å². The van der Waals surface area contributed by atoms with E-state index in [4.69, 9.17) is 5.73 Å². The fourth-order valence-electron chi connectivity index (χ4n) is 3.81. The van der Waals surface area contributed by atoms with Crippen molar-refractivity contribution >= 4 is 11.7 Å². The lowest BCUT2D eigenvalue weighted by molar-refractivity contribution is -0.274. The number of carbonyl (C=O) groups is 2. The average Bonchev–Trinajstić information content (AvgIpc) is 3.33. The fourth-order valence-corrected chi connectivity index (χ4v) is 3.81. The Hall–Kier alpha value is -4.34. The van der Waals surface area contributed by atoms with E-state index in [0.29, 0.717) is 5.56 Å². The Kier molecular flexibility index (Phi) is 6.72. The lowest BCUT2D eigenvalue weighted by Gasteiger charge is -2.36. The third-order valence-electron chi connectivity index (χ3n) is 5.40. The van der Waals surface area contributed by atoms with Crippen molar-refractivity contribution in [1.82, 2.24) is 14.7 Å². The monoisotopic (exact) mass is 482 g/mol. The van der Waals surface area contributed by atoms with Crippen molar-refractivity contribution in [2.45, 2.75) is 25.0 Å². The van der Waals surface area contributed by atoms with Crippen LogP contribution in [0.2, 0.25) is 0 Å². The molecule has 1 aliphatic heterocycles. The maximum Gasteiger partial charge on any atom is 0.573 e. The molecule has 35 heavy (non-hydrogen) atoms. The van der Waals surface area contributed by atoms with Gasteiger partial charge in [-0.15, -0.1) is 13.2 Å². The minimum atomic E-state index is -4.81. The number of carbonyl (C=O) groups excluding carboxylic acids is 2. The molecule has 2 unspecified atom stereocenters. The predicted molar refractivity (Wildman–Crippen MR) is 122 cm³/mol. The van der Waals surface area contributed by atoms with Crippen LogP contribution >= 0.6 is 0 Å². The van der Waals surface area contributed by atoms with Gasteiger partial charge in [0.1, 0.15) is 18.0 Å². The Labute approximate surface area is 198 Å². The molecule has 180 valence electrons. The summed E-state index contributed by atoms with van der Waals surface area (Å²) in [5.41, 5.74) is 7.49. The Morgan fingerprint density at radius 3 is 2.40 bits per heavy atom. The number of halogens is 3. The molecule has 1 amide bonds. The summed E-state index contributed by atoms with van der Waals surface area (Å²) < 4.78 is 42.9. The molecule has 2 aromatic carbocycles. The minimum absolute atomic E-state index is 0.0234. The van der Waals surface area contributed by atoms with Crippen LogP contribution in [-0.4, -0.2) is 38.8 Å². The lowest BCUT2D eigenvalue weighted by Crippen LogP contribution is -2.48. The second-order valence-corrected chi connectivity index (χ2v) is 7.77. The number of ether oxygens (including phenoxy) is 1. The molecule has 4 rings (SSSR count). The predicted octanol–water partition coefficient (Wildman–Crippen LogP) is 4.00.